The zero-order valence-corrected chi connectivity index (χ0v) is 17.4. The van der Waals surface area contributed by atoms with Crippen LogP contribution in [-0.2, 0) is 19.3 Å². The molecule has 0 amide bonds. The number of alkyl halides is 3. The van der Waals surface area contributed by atoms with Gasteiger partial charge in [0.1, 0.15) is 11.6 Å². The summed E-state index contributed by atoms with van der Waals surface area (Å²) in [5.41, 5.74) is -1.13. The number of aromatic amines is 1. The van der Waals surface area contributed by atoms with Crippen molar-refractivity contribution in [1.82, 2.24) is 25.8 Å². The molecule has 0 aliphatic rings. The van der Waals surface area contributed by atoms with Crippen LogP contribution in [0.15, 0.2) is 46.0 Å². The summed E-state index contributed by atoms with van der Waals surface area (Å²) < 4.78 is 57.5. The minimum atomic E-state index is -4.65. The molecule has 1 aromatic carbocycles. The Morgan fingerprint density at radius 3 is 2.62 bits per heavy atom. The highest BCUT2D eigenvalue weighted by atomic mass is 127. The third-order valence-electron chi connectivity index (χ3n) is 3.74. The zero-order chi connectivity index (χ0) is 20.1. The van der Waals surface area contributed by atoms with Gasteiger partial charge in [0.15, 0.2) is 11.7 Å². The summed E-state index contributed by atoms with van der Waals surface area (Å²) >= 11 is 0. The summed E-state index contributed by atoms with van der Waals surface area (Å²) in [4.78, 5) is 8.18. The number of hydrogen-bond acceptors (Lipinski definition) is 4. The van der Waals surface area contributed by atoms with Crippen LogP contribution in [0.2, 0.25) is 0 Å². The molecule has 2 aromatic heterocycles. The minimum absolute atomic E-state index is 0. The van der Waals surface area contributed by atoms with Gasteiger partial charge in [0.05, 0.1) is 18.4 Å². The molecule has 7 nitrogen and oxygen atoms in total. The van der Waals surface area contributed by atoms with Gasteiger partial charge >= 0.3 is 6.18 Å². The van der Waals surface area contributed by atoms with E-state index in [0.717, 1.165) is 12.1 Å². The first-order valence-electron chi connectivity index (χ1n) is 8.12. The second kappa shape index (κ2) is 9.71. The van der Waals surface area contributed by atoms with Crippen LogP contribution < -0.4 is 10.6 Å². The highest BCUT2D eigenvalue weighted by Gasteiger charge is 2.33. The minimum Gasteiger partial charge on any atom is -0.461 e. The molecule has 3 N–H and O–H groups in total. The lowest BCUT2D eigenvalue weighted by atomic mass is 10.1. The van der Waals surface area contributed by atoms with Crippen LogP contribution in [0.1, 0.15) is 17.0 Å². The first kappa shape index (κ1) is 22.6. The molecular weight excluding hydrogens is 507 g/mol. The molecule has 0 fully saturated rings. The van der Waals surface area contributed by atoms with Crippen molar-refractivity contribution in [3.05, 3.63) is 59.4 Å². The molecule has 0 saturated carbocycles. The second-order valence-corrected chi connectivity index (χ2v) is 5.66. The normalized spacial score (nSPS) is 11.8. The zero-order valence-electron chi connectivity index (χ0n) is 15.0. The lowest BCUT2D eigenvalue weighted by Gasteiger charge is -2.15. The van der Waals surface area contributed by atoms with E-state index in [2.05, 4.69) is 30.8 Å². The third kappa shape index (κ3) is 5.92. The number of rotatable bonds is 5. The standard InChI is InChI=1S/C17H16F4N6O.HI/c1-22-16(23-8-10-4-5-11(18)7-12(10)17(19,20)21)24-9-14-25-15(27-26-14)13-3-2-6-28-13;/h2-7H,8-9H2,1H3,(H2,22,23,24)(H,25,26,27);1H. The van der Waals surface area contributed by atoms with Gasteiger partial charge in [-0.15, -0.1) is 29.1 Å². The van der Waals surface area contributed by atoms with Crippen molar-refractivity contribution in [3.8, 4) is 11.6 Å². The first-order valence-corrected chi connectivity index (χ1v) is 8.12. The molecule has 2 heterocycles. The molecule has 0 aliphatic heterocycles. The van der Waals surface area contributed by atoms with Gasteiger partial charge in [0.25, 0.3) is 0 Å². The number of aromatic nitrogens is 3. The molecule has 0 bridgehead atoms. The van der Waals surface area contributed by atoms with E-state index in [1.54, 1.807) is 12.1 Å². The third-order valence-corrected chi connectivity index (χ3v) is 3.74. The van der Waals surface area contributed by atoms with Gasteiger partial charge in [-0.25, -0.2) is 9.37 Å². The summed E-state index contributed by atoms with van der Waals surface area (Å²) in [7, 11) is 1.47. The van der Waals surface area contributed by atoms with E-state index in [9.17, 15) is 17.6 Å². The number of furan rings is 1. The molecule has 0 unspecified atom stereocenters. The summed E-state index contributed by atoms with van der Waals surface area (Å²) in [5, 5.41) is 12.4. The number of halogens is 5. The fourth-order valence-corrected chi connectivity index (χ4v) is 2.42. The Labute approximate surface area is 180 Å². The summed E-state index contributed by atoms with van der Waals surface area (Å²) in [6.45, 7) is 0.00573. The van der Waals surface area contributed by atoms with Gasteiger partial charge in [0, 0.05) is 13.6 Å². The summed E-state index contributed by atoms with van der Waals surface area (Å²) in [6, 6.07) is 5.96. The van der Waals surface area contributed by atoms with E-state index in [0.29, 0.717) is 23.5 Å². The lowest BCUT2D eigenvalue weighted by molar-refractivity contribution is -0.138. The molecule has 0 aliphatic carbocycles. The molecule has 29 heavy (non-hydrogen) atoms. The Balaban J connectivity index is 0.00000300. The van der Waals surface area contributed by atoms with E-state index in [1.807, 2.05) is 0 Å². The molecule has 0 atom stereocenters. The smallest absolute Gasteiger partial charge is 0.416 e. The molecule has 3 rings (SSSR count). The summed E-state index contributed by atoms with van der Waals surface area (Å²) in [6.07, 6.45) is -3.15. The van der Waals surface area contributed by atoms with Gasteiger partial charge in [-0.1, -0.05) is 6.07 Å². The largest absolute Gasteiger partial charge is 0.461 e. The maximum absolute atomic E-state index is 13.2. The lowest BCUT2D eigenvalue weighted by Crippen LogP contribution is -2.37. The van der Waals surface area contributed by atoms with Gasteiger partial charge < -0.3 is 15.1 Å². The topological polar surface area (TPSA) is 91.1 Å². The fourth-order valence-electron chi connectivity index (χ4n) is 2.42. The van der Waals surface area contributed by atoms with Crippen molar-refractivity contribution >= 4 is 29.9 Å². The maximum Gasteiger partial charge on any atom is 0.416 e. The molecule has 12 heteroatoms. The van der Waals surface area contributed by atoms with Crippen molar-refractivity contribution in [3.63, 3.8) is 0 Å². The Hall–Kier alpha value is -2.64. The quantitative estimate of drug-likeness (QED) is 0.205. The van der Waals surface area contributed by atoms with Crippen LogP contribution in [0, 0.1) is 5.82 Å². The predicted molar refractivity (Wildman–Crippen MR) is 108 cm³/mol. The van der Waals surface area contributed by atoms with Gasteiger partial charge in [0.2, 0.25) is 5.82 Å². The first-order chi connectivity index (χ1) is 13.4. The van der Waals surface area contributed by atoms with Crippen LogP contribution in [0.25, 0.3) is 11.6 Å². The van der Waals surface area contributed by atoms with Crippen LogP contribution in [-0.4, -0.2) is 28.2 Å². The van der Waals surface area contributed by atoms with Crippen molar-refractivity contribution in [2.24, 2.45) is 4.99 Å². The highest BCUT2D eigenvalue weighted by molar-refractivity contribution is 14.0. The molecule has 0 spiro atoms. The van der Waals surface area contributed by atoms with E-state index in [-0.39, 0.29) is 48.6 Å². The predicted octanol–water partition coefficient (Wildman–Crippen LogP) is 3.71. The van der Waals surface area contributed by atoms with E-state index >= 15 is 0 Å². The fraction of sp³-hybridized carbons (Fsp3) is 0.235. The maximum atomic E-state index is 13.2. The average molecular weight is 524 g/mol. The van der Waals surface area contributed by atoms with Crippen molar-refractivity contribution in [2.45, 2.75) is 19.3 Å². The highest BCUT2D eigenvalue weighted by Crippen LogP contribution is 2.32. The SMILES string of the molecule is CN=C(NCc1nc(-c2ccco2)n[nH]1)NCc1ccc(F)cc1C(F)(F)F.I. The number of guanidine groups is 1. The number of nitrogens with zero attached hydrogens (tertiary/aromatic N) is 3. The van der Waals surface area contributed by atoms with E-state index in [4.69, 9.17) is 4.42 Å². The van der Waals surface area contributed by atoms with Crippen LogP contribution in [0.4, 0.5) is 17.6 Å². The second-order valence-electron chi connectivity index (χ2n) is 5.66. The Kier molecular flexibility index (Phi) is 7.59. The number of nitrogens with one attached hydrogen (secondary N) is 3. The van der Waals surface area contributed by atoms with Gasteiger partial charge in [-0.3, -0.25) is 10.1 Å². The van der Waals surface area contributed by atoms with E-state index < -0.39 is 17.6 Å². The Morgan fingerprint density at radius 1 is 1.21 bits per heavy atom. The molecular formula is C17H17F4IN6O. The van der Waals surface area contributed by atoms with Crippen molar-refractivity contribution in [2.75, 3.05) is 7.05 Å². The molecule has 0 radical (unpaired) electrons. The van der Waals surface area contributed by atoms with Gasteiger partial charge in [-0.2, -0.15) is 13.2 Å². The monoisotopic (exact) mass is 524 g/mol. The average Bonchev–Trinajstić information content (AvgIpc) is 3.33. The number of aliphatic imine (C=N–C) groups is 1. The molecule has 0 saturated heterocycles. The Bertz CT molecular complexity index is 955. The van der Waals surface area contributed by atoms with Crippen LogP contribution >= 0.6 is 24.0 Å². The van der Waals surface area contributed by atoms with Crippen molar-refractivity contribution < 1.29 is 22.0 Å². The van der Waals surface area contributed by atoms with Gasteiger partial charge in [-0.05, 0) is 29.8 Å². The number of H-pyrrole nitrogens is 1. The van der Waals surface area contributed by atoms with Crippen molar-refractivity contribution in [1.29, 1.82) is 0 Å². The van der Waals surface area contributed by atoms with E-state index in [1.165, 1.54) is 13.3 Å². The molecule has 156 valence electrons. The molecule has 3 aromatic rings. The Morgan fingerprint density at radius 2 is 1.97 bits per heavy atom. The number of hydrogen-bond donors (Lipinski definition) is 3. The number of benzene rings is 1. The van der Waals surface area contributed by atoms with Crippen LogP contribution in [0.3, 0.4) is 0 Å². The summed E-state index contributed by atoms with van der Waals surface area (Å²) in [5.74, 6) is 0.656. The van der Waals surface area contributed by atoms with Crippen LogP contribution in [0.5, 0.6) is 0 Å².